The number of fused-ring (bicyclic) bond motifs is 1. The van der Waals surface area contributed by atoms with E-state index in [0.717, 1.165) is 22.6 Å². The lowest BCUT2D eigenvalue weighted by Gasteiger charge is -2.30. The fourth-order valence-corrected chi connectivity index (χ4v) is 4.28. The molecule has 0 aliphatic carbocycles. The number of alkyl halides is 3. The fourth-order valence-electron chi connectivity index (χ4n) is 4.28. The van der Waals surface area contributed by atoms with Crippen LogP contribution in [0.15, 0.2) is 65.3 Å². The van der Waals surface area contributed by atoms with Crippen LogP contribution in [-0.2, 0) is 16.0 Å². The molecule has 2 unspecified atom stereocenters. The first-order valence-electron chi connectivity index (χ1n) is 10.4. The molecule has 0 radical (unpaired) electrons. The van der Waals surface area contributed by atoms with Crippen molar-refractivity contribution in [2.75, 3.05) is 0 Å². The highest BCUT2D eigenvalue weighted by molar-refractivity contribution is 5.83. The predicted octanol–water partition coefficient (Wildman–Crippen LogP) is 4.82. The molecular formula is C24H23F3N2O3. The SMILES string of the molecule is O=C(CCC1(Cc2ccc3ccccc3c2)CCC(=O)N1)NC(c1ccco1)C(F)(F)F. The molecule has 2 atom stereocenters. The van der Waals surface area contributed by atoms with E-state index in [-0.39, 0.29) is 24.5 Å². The molecule has 2 heterocycles. The summed E-state index contributed by atoms with van der Waals surface area (Å²) in [7, 11) is 0. The Kier molecular flexibility index (Phi) is 5.95. The number of hydrogen-bond acceptors (Lipinski definition) is 3. The third kappa shape index (κ3) is 4.95. The minimum atomic E-state index is -4.68. The number of halogens is 3. The van der Waals surface area contributed by atoms with Crippen LogP contribution in [0.2, 0.25) is 0 Å². The normalized spacial score (nSPS) is 19.7. The van der Waals surface area contributed by atoms with Gasteiger partial charge in [-0.1, -0.05) is 42.5 Å². The maximum Gasteiger partial charge on any atom is 0.415 e. The van der Waals surface area contributed by atoms with Crippen molar-refractivity contribution < 1.29 is 27.2 Å². The minimum Gasteiger partial charge on any atom is -0.467 e. The summed E-state index contributed by atoms with van der Waals surface area (Å²) in [5.74, 6) is -1.23. The van der Waals surface area contributed by atoms with Crippen molar-refractivity contribution in [2.45, 2.75) is 49.9 Å². The molecule has 2 amide bonds. The molecule has 1 saturated heterocycles. The van der Waals surface area contributed by atoms with E-state index in [0.29, 0.717) is 19.3 Å². The quantitative estimate of drug-likeness (QED) is 0.549. The van der Waals surface area contributed by atoms with Gasteiger partial charge in [0.05, 0.1) is 6.26 Å². The molecule has 2 N–H and O–H groups in total. The van der Waals surface area contributed by atoms with E-state index in [1.807, 2.05) is 47.8 Å². The van der Waals surface area contributed by atoms with Crippen LogP contribution in [0.25, 0.3) is 10.8 Å². The minimum absolute atomic E-state index is 0.116. The lowest BCUT2D eigenvalue weighted by molar-refractivity contribution is -0.166. The van der Waals surface area contributed by atoms with E-state index in [2.05, 4.69) is 5.32 Å². The number of nitrogens with one attached hydrogen (secondary N) is 2. The lowest BCUT2D eigenvalue weighted by Crippen LogP contribution is -2.45. The van der Waals surface area contributed by atoms with Crippen LogP contribution in [0.4, 0.5) is 13.2 Å². The van der Waals surface area contributed by atoms with Gasteiger partial charge in [0.25, 0.3) is 0 Å². The molecule has 32 heavy (non-hydrogen) atoms. The van der Waals surface area contributed by atoms with Gasteiger partial charge in [-0.25, -0.2) is 0 Å². The van der Waals surface area contributed by atoms with Crippen molar-refractivity contribution in [1.82, 2.24) is 10.6 Å². The number of hydrogen-bond donors (Lipinski definition) is 2. The van der Waals surface area contributed by atoms with Gasteiger partial charge in [0.1, 0.15) is 5.76 Å². The number of furan rings is 1. The maximum absolute atomic E-state index is 13.4. The Balaban J connectivity index is 1.46. The van der Waals surface area contributed by atoms with E-state index < -0.39 is 23.7 Å². The zero-order valence-electron chi connectivity index (χ0n) is 17.2. The average Bonchev–Trinajstić information content (AvgIpc) is 3.40. The summed E-state index contributed by atoms with van der Waals surface area (Å²) in [6, 6.07) is 14.2. The smallest absolute Gasteiger partial charge is 0.415 e. The summed E-state index contributed by atoms with van der Waals surface area (Å²) in [6.45, 7) is 0. The molecule has 5 nitrogen and oxygen atoms in total. The van der Waals surface area contributed by atoms with Crippen LogP contribution in [0.1, 0.15) is 43.0 Å². The van der Waals surface area contributed by atoms with E-state index in [1.54, 1.807) is 0 Å². The van der Waals surface area contributed by atoms with Gasteiger partial charge in [-0.3, -0.25) is 9.59 Å². The molecule has 2 aromatic carbocycles. The van der Waals surface area contributed by atoms with Gasteiger partial charge in [-0.2, -0.15) is 13.2 Å². The molecule has 0 saturated carbocycles. The molecule has 168 valence electrons. The molecule has 8 heteroatoms. The number of carbonyl (C=O) groups is 2. The number of carbonyl (C=O) groups excluding carboxylic acids is 2. The molecular weight excluding hydrogens is 421 g/mol. The third-order valence-corrected chi connectivity index (χ3v) is 5.88. The second-order valence-corrected chi connectivity index (χ2v) is 8.24. The third-order valence-electron chi connectivity index (χ3n) is 5.88. The van der Waals surface area contributed by atoms with Crippen molar-refractivity contribution in [2.24, 2.45) is 0 Å². The van der Waals surface area contributed by atoms with Gasteiger partial charge >= 0.3 is 6.18 Å². The molecule has 1 aliphatic rings. The Morgan fingerprint density at radius 1 is 1.12 bits per heavy atom. The molecule has 1 fully saturated rings. The Morgan fingerprint density at radius 2 is 1.91 bits per heavy atom. The highest BCUT2D eigenvalue weighted by Crippen LogP contribution is 2.34. The Bertz CT molecular complexity index is 1110. The topological polar surface area (TPSA) is 71.3 Å². The van der Waals surface area contributed by atoms with Crippen molar-refractivity contribution >= 4 is 22.6 Å². The summed E-state index contributed by atoms with van der Waals surface area (Å²) >= 11 is 0. The summed E-state index contributed by atoms with van der Waals surface area (Å²) < 4.78 is 45.0. The predicted molar refractivity (Wildman–Crippen MR) is 113 cm³/mol. The van der Waals surface area contributed by atoms with Crippen molar-refractivity contribution in [1.29, 1.82) is 0 Å². The van der Waals surface area contributed by atoms with Crippen LogP contribution < -0.4 is 10.6 Å². The van der Waals surface area contributed by atoms with Crippen LogP contribution in [0.3, 0.4) is 0 Å². The number of amides is 2. The number of rotatable bonds is 7. The van der Waals surface area contributed by atoms with E-state index in [4.69, 9.17) is 4.42 Å². The highest BCUT2D eigenvalue weighted by Gasteiger charge is 2.44. The van der Waals surface area contributed by atoms with Crippen LogP contribution in [-0.4, -0.2) is 23.5 Å². The first-order valence-corrected chi connectivity index (χ1v) is 10.4. The van der Waals surface area contributed by atoms with Gasteiger partial charge in [-0.05, 0) is 47.7 Å². The standard InChI is InChI=1S/C24H23F3N2O3/c25-24(26,27)22(19-6-3-13-32-19)28-20(30)9-11-23(12-10-21(31)29-23)15-16-7-8-17-4-1-2-5-18(17)14-16/h1-8,13-14,22H,9-12,15H2,(H,28,30)(H,29,31). The van der Waals surface area contributed by atoms with Crippen LogP contribution in [0, 0.1) is 0 Å². The van der Waals surface area contributed by atoms with E-state index in [1.165, 1.54) is 12.1 Å². The molecule has 0 spiro atoms. The first-order chi connectivity index (χ1) is 15.2. The molecule has 4 rings (SSSR count). The summed E-state index contributed by atoms with van der Waals surface area (Å²) in [5.41, 5.74) is 0.324. The molecule has 3 aromatic rings. The van der Waals surface area contributed by atoms with Gasteiger partial charge in [0, 0.05) is 18.4 Å². The summed E-state index contributed by atoms with van der Waals surface area (Å²) in [4.78, 5) is 24.4. The largest absolute Gasteiger partial charge is 0.467 e. The monoisotopic (exact) mass is 444 g/mol. The molecule has 0 bridgehead atoms. The van der Waals surface area contributed by atoms with Crippen molar-refractivity contribution in [3.05, 3.63) is 72.2 Å². The second kappa shape index (κ2) is 8.68. The van der Waals surface area contributed by atoms with Gasteiger partial charge in [-0.15, -0.1) is 0 Å². The summed E-state index contributed by atoms with van der Waals surface area (Å²) in [6.07, 6.45) is -2.12. The average molecular weight is 444 g/mol. The van der Waals surface area contributed by atoms with Gasteiger partial charge < -0.3 is 15.1 Å². The first kappa shape index (κ1) is 21.9. The maximum atomic E-state index is 13.4. The number of benzene rings is 2. The second-order valence-electron chi connectivity index (χ2n) is 8.24. The van der Waals surface area contributed by atoms with E-state index in [9.17, 15) is 22.8 Å². The Morgan fingerprint density at radius 3 is 2.56 bits per heavy atom. The molecule has 1 aliphatic heterocycles. The van der Waals surface area contributed by atoms with Crippen molar-refractivity contribution in [3.8, 4) is 0 Å². The molecule has 1 aromatic heterocycles. The Labute approximate surface area is 183 Å². The Hall–Kier alpha value is -3.29. The van der Waals surface area contributed by atoms with Gasteiger partial charge in [0.2, 0.25) is 11.8 Å². The highest BCUT2D eigenvalue weighted by atomic mass is 19.4. The summed E-state index contributed by atoms with van der Waals surface area (Å²) in [5, 5.41) is 7.16. The van der Waals surface area contributed by atoms with Crippen LogP contribution >= 0.6 is 0 Å². The lowest BCUT2D eigenvalue weighted by atomic mass is 9.84. The van der Waals surface area contributed by atoms with Gasteiger partial charge in [0.15, 0.2) is 6.04 Å². The zero-order chi connectivity index (χ0) is 22.8. The zero-order valence-corrected chi connectivity index (χ0v) is 17.2. The fraction of sp³-hybridized carbons (Fsp3) is 0.333. The van der Waals surface area contributed by atoms with E-state index >= 15 is 0 Å². The van der Waals surface area contributed by atoms with Crippen molar-refractivity contribution in [3.63, 3.8) is 0 Å². The van der Waals surface area contributed by atoms with Crippen LogP contribution in [0.5, 0.6) is 0 Å².